The number of carbonyl (C=O) groups excluding carboxylic acids is 1. The molecule has 1 aliphatic heterocycles. The van der Waals surface area contributed by atoms with Crippen LogP contribution in [0.3, 0.4) is 0 Å². The van der Waals surface area contributed by atoms with Gasteiger partial charge >= 0.3 is 0 Å². The van der Waals surface area contributed by atoms with Crippen molar-refractivity contribution in [3.05, 3.63) is 41.9 Å². The second-order valence-electron chi connectivity index (χ2n) is 8.68. The number of aromatic nitrogens is 4. The van der Waals surface area contributed by atoms with Gasteiger partial charge in [-0.2, -0.15) is 10.2 Å². The Hall–Kier alpha value is -4.04. The third-order valence-corrected chi connectivity index (χ3v) is 6.32. The maximum absolute atomic E-state index is 11.7. The van der Waals surface area contributed by atoms with E-state index in [1.54, 1.807) is 6.07 Å². The molecule has 2 fully saturated rings. The van der Waals surface area contributed by atoms with Gasteiger partial charge in [0.1, 0.15) is 18.0 Å². The Morgan fingerprint density at radius 3 is 2.54 bits per heavy atom. The number of rotatable bonds is 6. The summed E-state index contributed by atoms with van der Waals surface area (Å²) >= 11 is 0. The molecule has 0 unspecified atom stereocenters. The van der Waals surface area contributed by atoms with Crippen LogP contribution in [0, 0.1) is 11.3 Å². The highest BCUT2D eigenvalue weighted by Crippen LogP contribution is 2.32. The molecule has 1 saturated heterocycles. The van der Waals surface area contributed by atoms with Crippen LogP contribution in [0.15, 0.2) is 30.7 Å². The largest absolute Gasteiger partial charge is 0.474 e. The van der Waals surface area contributed by atoms with Crippen LogP contribution in [0.4, 0.5) is 11.8 Å². The van der Waals surface area contributed by atoms with E-state index in [1.165, 1.54) is 18.6 Å². The fraction of sp³-hybridized carbons (Fsp3) is 0.417. The van der Waals surface area contributed by atoms with Crippen molar-refractivity contribution in [3.8, 4) is 11.9 Å². The first-order valence-corrected chi connectivity index (χ1v) is 11.7. The molecule has 35 heavy (non-hydrogen) atoms. The van der Waals surface area contributed by atoms with Gasteiger partial charge in [-0.15, -0.1) is 0 Å². The fourth-order valence-corrected chi connectivity index (χ4v) is 4.39. The van der Waals surface area contributed by atoms with Crippen molar-refractivity contribution in [2.75, 3.05) is 36.5 Å². The number of amides is 1. The molecular formula is C24H26N8O3. The van der Waals surface area contributed by atoms with Crippen molar-refractivity contribution in [2.45, 2.75) is 37.8 Å². The second-order valence-corrected chi connectivity index (χ2v) is 8.68. The first-order chi connectivity index (χ1) is 17.1. The number of primary amides is 1. The van der Waals surface area contributed by atoms with E-state index in [1.807, 2.05) is 12.1 Å². The quantitative estimate of drug-likeness (QED) is 0.543. The minimum Gasteiger partial charge on any atom is -0.474 e. The smallest absolute Gasteiger partial charge is 0.250 e. The lowest BCUT2D eigenvalue weighted by Crippen LogP contribution is -2.37. The highest BCUT2D eigenvalue weighted by molar-refractivity contribution is 5.97. The Morgan fingerprint density at radius 1 is 1.11 bits per heavy atom. The number of pyridine rings is 2. The molecular weight excluding hydrogens is 448 g/mol. The summed E-state index contributed by atoms with van der Waals surface area (Å²) in [4.78, 5) is 31.6. The zero-order valence-electron chi connectivity index (χ0n) is 19.2. The van der Waals surface area contributed by atoms with Crippen LogP contribution in [0.1, 0.15) is 41.6 Å². The number of hydrogen-bond donors (Lipinski definition) is 2. The van der Waals surface area contributed by atoms with E-state index in [4.69, 9.17) is 25.5 Å². The van der Waals surface area contributed by atoms with Gasteiger partial charge in [-0.05, 0) is 31.7 Å². The van der Waals surface area contributed by atoms with E-state index in [9.17, 15) is 4.79 Å². The average molecular weight is 475 g/mol. The lowest BCUT2D eigenvalue weighted by Gasteiger charge is -2.31. The predicted octanol–water partition coefficient (Wildman–Crippen LogP) is 2.03. The van der Waals surface area contributed by atoms with E-state index in [2.05, 4.69) is 25.2 Å². The van der Waals surface area contributed by atoms with Gasteiger partial charge in [0.25, 0.3) is 0 Å². The molecule has 5 rings (SSSR count). The molecule has 180 valence electrons. The highest BCUT2D eigenvalue weighted by atomic mass is 16.5. The van der Waals surface area contributed by atoms with Crippen LogP contribution in [0.2, 0.25) is 0 Å². The number of nitrogens with zero attached hydrogens (tertiary/aromatic N) is 6. The van der Waals surface area contributed by atoms with E-state index in [0.717, 1.165) is 44.6 Å². The highest BCUT2D eigenvalue weighted by Gasteiger charge is 2.25. The summed E-state index contributed by atoms with van der Waals surface area (Å²) in [6.07, 6.45) is 7.87. The number of nitrogens with two attached hydrogens (primary N) is 1. The van der Waals surface area contributed by atoms with Gasteiger partial charge in [0.2, 0.25) is 17.7 Å². The van der Waals surface area contributed by atoms with E-state index in [-0.39, 0.29) is 12.1 Å². The van der Waals surface area contributed by atoms with Crippen molar-refractivity contribution in [1.82, 2.24) is 19.9 Å². The molecule has 0 atom stereocenters. The van der Waals surface area contributed by atoms with Crippen LogP contribution in [0.5, 0.6) is 5.88 Å². The van der Waals surface area contributed by atoms with Gasteiger partial charge in [-0.25, -0.2) is 9.97 Å². The lowest BCUT2D eigenvalue weighted by molar-refractivity contribution is 0.1000. The number of morpholine rings is 1. The van der Waals surface area contributed by atoms with Crippen molar-refractivity contribution < 1.29 is 14.3 Å². The van der Waals surface area contributed by atoms with E-state index in [0.29, 0.717) is 47.1 Å². The minimum absolute atomic E-state index is 0.0252. The summed E-state index contributed by atoms with van der Waals surface area (Å²) in [5.74, 6) is 1.22. The van der Waals surface area contributed by atoms with E-state index < -0.39 is 5.91 Å². The number of nitriles is 1. The Balaban J connectivity index is 1.32. The summed E-state index contributed by atoms with van der Waals surface area (Å²) in [5.41, 5.74) is 6.94. The van der Waals surface area contributed by atoms with Gasteiger partial charge < -0.3 is 25.4 Å². The number of nitrogens with one attached hydrogen (secondary N) is 1. The SMILES string of the molecule is N#Cc1cnc(N[C@H]2CC[C@@H](Oc3nc(N4CCOCC4)cc4ncc(C(N)=O)cc34)CC2)nc1. The van der Waals surface area contributed by atoms with Crippen LogP contribution in [-0.4, -0.2) is 64.3 Å². The predicted molar refractivity (Wildman–Crippen MR) is 128 cm³/mol. The van der Waals surface area contributed by atoms with Crippen molar-refractivity contribution in [1.29, 1.82) is 5.26 Å². The zero-order valence-corrected chi connectivity index (χ0v) is 19.2. The summed E-state index contributed by atoms with van der Waals surface area (Å²) in [5, 5.41) is 12.9. The van der Waals surface area contributed by atoms with Crippen molar-refractivity contribution in [3.63, 3.8) is 0 Å². The molecule has 0 aromatic carbocycles. The van der Waals surface area contributed by atoms with Crippen LogP contribution < -0.4 is 20.7 Å². The van der Waals surface area contributed by atoms with Gasteiger partial charge in [0, 0.05) is 31.4 Å². The van der Waals surface area contributed by atoms with Crippen LogP contribution >= 0.6 is 0 Å². The Labute approximate surface area is 202 Å². The Kier molecular flexibility index (Phi) is 6.54. The van der Waals surface area contributed by atoms with Gasteiger partial charge in [0.15, 0.2) is 0 Å². The van der Waals surface area contributed by atoms with Crippen LogP contribution in [0.25, 0.3) is 10.9 Å². The molecule has 3 aromatic heterocycles. The standard InChI is InChI=1S/C24H26N8O3/c25-11-15-12-28-24(29-13-15)30-17-1-3-18(4-2-17)35-23-19-9-16(22(26)33)14-27-20(19)10-21(31-23)32-5-7-34-8-6-32/h9-10,12-14,17-18H,1-8H2,(H2,26,33)(H,28,29,30)/t17-,18+. The first-order valence-electron chi connectivity index (χ1n) is 11.7. The van der Waals surface area contributed by atoms with Gasteiger partial charge in [-0.1, -0.05) is 0 Å². The Morgan fingerprint density at radius 2 is 1.86 bits per heavy atom. The molecule has 2 aliphatic rings. The summed E-state index contributed by atoms with van der Waals surface area (Å²) in [6, 6.07) is 5.85. The van der Waals surface area contributed by atoms with Crippen molar-refractivity contribution >= 4 is 28.6 Å². The van der Waals surface area contributed by atoms with Gasteiger partial charge in [0.05, 0.1) is 47.6 Å². The zero-order chi connectivity index (χ0) is 24.2. The normalized spacial score (nSPS) is 20.3. The topological polar surface area (TPSA) is 152 Å². The maximum Gasteiger partial charge on any atom is 0.250 e. The molecule has 1 aliphatic carbocycles. The molecule has 0 radical (unpaired) electrons. The molecule has 0 spiro atoms. The molecule has 11 heteroatoms. The lowest BCUT2D eigenvalue weighted by atomic mass is 9.93. The number of fused-ring (bicyclic) bond motifs is 1. The maximum atomic E-state index is 11.7. The third kappa shape index (κ3) is 5.22. The molecule has 1 saturated carbocycles. The molecule has 4 heterocycles. The Bertz CT molecular complexity index is 1250. The molecule has 3 aromatic rings. The van der Waals surface area contributed by atoms with Crippen molar-refractivity contribution in [2.24, 2.45) is 5.73 Å². The second kappa shape index (κ2) is 10.1. The molecule has 0 bridgehead atoms. The summed E-state index contributed by atoms with van der Waals surface area (Å²) in [6.45, 7) is 2.77. The van der Waals surface area contributed by atoms with Gasteiger partial charge in [-0.3, -0.25) is 9.78 Å². The summed E-state index contributed by atoms with van der Waals surface area (Å²) < 4.78 is 11.9. The van der Waals surface area contributed by atoms with E-state index >= 15 is 0 Å². The fourth-order valence-electron chi connectivity index (χ4n) is 4.39. The monoisotopic (exact) mass is 474 g/mol. The summed E-state index contributed by atoms with van der Waals surface area (Å²) in [7, 11) is 0. The number of hydrogen-bond acceptors (Lipinski definition) is 10. The average Bonchev–Trinajstić information content (AvgIpc) is 2.90. The molecule has 11 nitrogen and oxygen atoms in total. The third-order valence-electron chi connectivity index (χ3n) is 6.32. The van der Waals surface area contributed by atoms with Crippen LogP contribution in [-0.2, 0) is 4.74 Å². The number of carbonyl (C=O) groups is 1. The first kappa shape index (κ1) is 22.7. The minimum atomic E-state index is -0.542. The number of anilines is 2. The molecule has 3 N–H and O–H groups in total. The molecule has 1 amide bonds. The number of ether oxygens (including phenoxy) is 2.